The minimum absolute atomic E-state index is 0.0373. The third kappa shape index (κ3) is 4.31. The zero-order valence-corrected chi connectivity index (χ0v) is 17.5. The number of carbonyl (C=O) groups is 2. The van der Waals surface area contributed by atoms with E-state index in [1.807, 2.05) is 35.2 Å². The van der Waals surface area contributed by atoms with E-state index in [4.69, 9.17) is 4.98 Å². The van der Waals surface area contributed by atoms with Gasteiger partial charge in [0.25, 0.3) is 0 Å². The van der Waals surface area contributed by atoms with Crippen molar-refractivity contribution in [2.24, 2.45) is 0 Å². The zero-order valence-electron chi connectivity index (χ0n) is 16.6. The first-order valence-corrected chi connectivity index (χ1v) is 10.5. The van der Waals surface area contributed by atoms with Crippen molar-refractivity contribution < 1.29 is 9.59 Å². The van der Waals surface area contributed by atoms with E-state index in [9.17, 15) is 9.59 Å². The van der Waals surface area contributed by atoms with Crippen LogP contribution in [0.1, 0.15) is 16.7 Å². The molecule has 0 bridgehead atoms. The van der Waals surface area contributed by atoms with Crippen LogP contribution in [0.3, 0.4) is 0 Å². The lowest BCUT2D eigenvalue weighted by molar-refractivity contribution is -0.126. The average molecular weight is 409 g/mol. The number of hydrogen-bond donors (Lipinski definition) is 1. The lowest BCUT2D eigenvalue weighted by Crippen LogP contribution is -2.51. The van der Waals surface area contributed by atoms with Gasteiger partial charge in [-0.1, -0.05) is 47.7 Å². The fraction of sp³-hybridized carbons (Fsp3) is 0.318. The second-order valence-corrected chi connectivity index (χ2v) is 8.39. The van der Waals surface area contributed by atoms with Gasteiger partial charge >= 0.3 is 0 Å². The molecule has 0 radical (unpaired) electrons. The van der Waals surface area contributed by atoms with Crippen LogP contribution in [0.25, 0.3) is 10.2 Å². The predicted molar refractivity (Wildman–Crippen MR) is 116 cm³/mol. The quantitative estimate of drug-likeness (QED) is 0.705. The Balaban J connectivity index is 1.65. The van der Waals surface area contributed by atoms with E-state index >= 15 is 0 Å². The molecule has 0 unspecified atom stereocenters. The Hall–Kier alpha value is -2.77. The molecule has 4 rings (SSSR count). The normalized spacial score (nSPS) is 14.8. The number of aryl methyl sites for hydroxylation is 2. The molecule has 0 saturated carbocycles. The molecular formula is C22H24N4O2S. The summed E-state index contributed by atoms with van der Waals surface area (Å²) in [6.45, 7) is 6.30. The Morgan fingerprint density at radius 3 is 2.76 bits per heavy atom. The number of nitrogens with zero attached hydrogens (tertiary/aromatic N) is 3. The molecule has 1 fully saturated rings. The number of hydrogen-bond acceptors (Lipinski definition) is 5. The van der Waals surface area contributed by atoms with Gasteiger partial charge in [-0.05, 0) is 36.6 Å². The number of nitrogens with one attached hydrogen (secondary N) is 1. The van der Waals surface area contributed by atoms with Crippen LogP contribution in [0.2, 0.25) is 0 Å². The summed E-state index contributed by atoms with van der Waals surface area (Å²) in [7, 11) is 0. The first-order valence-electron chi connectivity index (χ1n) is 9.71. The average Bonchev–Trinajstić information content (AvgIpc) is 3.14. The summed E-state index contributed by atoms with van der Waals surface area (Å²) in [5.74, 6) is -0.0817. The Labute approximate surface area is 174 Å². The Morgan fingerprint density at radius 1 is 1.21 bits per heavy atom. The first kappa shape index (κ1) is 19.5. The lowest BCUT2D eigenvalue weighted by atomic mass is 10.1. The van der Waals surface area contributed by atoms with Crippen molar-refractivity contribution in [2.75, 3.05) is 31.1 Å². The molecule has 1 aliphatic rings. The molecule has 1 N–H and O–H groups in total. The van der Waals surface area contributed by atoms with Crippen LogP contribution < -0.4 is 10.2 Å². The minimum Gasteiger partial charge on any atom is -0.354 e. The zero-order chi connectivity index (χ0) is 20.4. The summed E-state index contributed by atoms with van der Waals surface area (Å²) in [5.41, 5.74) is 4.33. The van der Waals surface area contributed by atoms with Crippen LogP contribution in [0.4, 0.5) is 5.13 Å². The molecule has 1 saturated heterocycles. The number of benzene rings is 2. The fourth-order valence-electron chi connectivity index (χ4n) is 3.46. The number of anilines is 1. The van der Waals surface area contributed by atoms with Gasteiger partial charge in [-0.3, -0.25) is 19.4 Å². The van der Waals surface area contributed by atoms with Crippen LogP contribution in [-0.2, 0) is 16.1 Å². The third-order valence-corrected chi connectivity index (χ3v) is 6.31. The van der Waals surface area contributed by atoms with E-state index in [1.165, 1.54) is 16.9 Å². The van der Waals surface area contributed by atoms with Gasteiger partial charge in [0.05, 0.1) is 29.9 Å². The Kier molecular flexibility index (Phi) is 5.60. The number of thiazole rings is 1. The molecule has 29 heavy (non-hydrogen) atoms. The number of amides is 2. The third-order valence-electron chi connectivity index (χ3n) is 5.27. The molecule has 0 atom stereocenters. The summed E-state index contributed by atoms with van der Waals surface area (Å²) in [6, 6.07) is 14.1. The van der Waals surface area contributed by atoms with Gasteiger partial charge in [0, 0.05) is 13.1 Å². The van der Waals surface area contributed by atoms with Crippen molar-refractivity contribution in [3.05, 3.63) is 59.2 Å². The molecule has 1 aromatic heterocycles. The highest BCUT2D eigenvalue weighted by molar-refractivity contribution is 7.22. The van der Waals surface area contributed by atoms with Gasteiger partial charge in [0.2, 0.25) is 11.8 Å². The van der Waals surface area contributed by atoms with E-state index in [0.29, 0.717) is 24.8 Å². The highest BCUT2D eigenvalue weighted by Gasteiger charge is 2.25. The van der Waals surface area contributed by atoms with Gasteiger partial charge in [0.15, 0.2) is 5.13 Å². The van der Waals surface area contributed by atoms with E-state index in [2.05, 4.69) is 31.3 Å². The minimum atomic E-state index is -0.0445. The van der Waals surface area contributed by atoms with Crippen molar-refractivity contribution in [2.45, 2.75) is 20.4 Å². The topological polar surface area (TPSA) is 65.5 Å². The predicted octanol–water partition coefficient (Wildman–Crippen LogP) is 2.88. The smallest absolute Gasteiger partial charge is 0.243 e. The molecule has 3 aromatic rings. The number of carbonyl (C=O) groups excluding carboxylic acids is 2. The van der Waals surface area contributed by atoms with Crippen molar-refractivity contribution in [1.82, 2.24) is 15.2 Å². The second kappa shape index (κ2) is 8.31. The highest BCUT2D eigenvalue weighted by Crippen LogP contribution is 2.32. The van der Waals surface area contributed by atoms with Crippen LogP contribution in [0.5, 0.6) is 0 Å². The monoisotopic (exact) mass is 408 g/mol. The molecule has 2 heterocycles. The van der Waals surface area contributed by atoms with Gasteiger partial charge < -0.3 is 5.32 Å². The van der Waals surface area contributed by atoms with E-state index in [-0.39, 0.29) is 24.9 Å². The molecule has 6 nitrogen and oxygen atoms in total. The summed E-state index contributed by atoms with van der Waals surface area (Å²) in [5, 5.41) is 3.50. The summed E-state index contributed by atoms with van der Waals surface area (Å²) >= 11 is 1.53. The maximum Gasteiger partial charge on any atom is 0.243 e. The first-order chi connectivity index (χ1) is 14.0. The largest absolute Gasteiger partial charge is 0.354 e. The summed E-state index contributed by atoms with van der Waals surface area (Å²) in [4.78, 5) is 33.4. The van der Waals surface area contributed by atoms with Crippen molar-refractivity contribution >= 4 is 38.5 Å². The van der Waals surface area contributed by atoms with Crippen molar-refractivity contribution in [1.29, 1.82) is 0 Å². The number of piperazine rings is 1. The Morgan fingerprint density at radius 2 is 2.00 bits per heavy atom. The molecule has 0 aliphatic carbocycles. The van der Waals surface area contributed by atoms with E-state index in [1.54, 1.807) is 4.90 Å². The molecule has 2 aromatic carbocycles. The van der Waals surface area contributed by atoms with E-state index < -0.39 is 0 Å². The fourth-order valence-corrected chi connectivity index (χ4v) is 4.50. The highest BCUT2D eigenvalue weighted by atomic mass is 32.1. The SMILES string of the molecule is Cc1ccc2sc(N(Cc3ccccc3)C(=O)CN3CCNC(=O)C3)nc2c1C. The van der Waals surface area contributed by atoms with E-state index in [0.717, 1.165) is 21.3 Å². The van der Waals surface area contributed by atoms with Crippen LogP contribution in [-0.4, -0.2) is 47.9 Å². The molecule has 0 spiro atoms. The summed E-state index contributed by atoms with van der Waals surface area (Å²) < 4.78 is 1.08. The summed E-state index contributed by atoms with van der Waals surface area (Å²) in [6.07, 6.45) is 0. The van der Waals surface area contributed by atoms with Crippen LogP contribution >= 0.6 is 11.3 Å². The molecule has 7 heteroatoms. The molecular weight excluding hydrogens is 384 g/mol. The Bertz CT molecular complexity index is 1050. The van der Waals surface area contributed by atoms with Gasteiger partial charge in [0.1, 0.15) is 0 Å². The van der Waals surface area contributed by atoms with Crippen molar-refractivity contribution in [3.8, 4) is 0 Å². The van der Waals surface area contributed by atoms with Gasteiger partial charge in [-0.15, -0.1) is 0 Å². The maximum atomic E-state index is 13.3. The van der Waals surface area contributed by atoms with Gasteiger partial charge in [-0.25, -0.2) is 4.98 Å². The number of rotatable bonds is 5. The number of aromatic nitrogens is 1. The lowest BCUT2D eigenvalue weighted by Gasteiger charge is -2.28. The molecule has 150 valence electrons. The number of fused-ring (bicyclic) bond motifs is 1. The molecule has 1 aliphatic heterocycles. The van der Waals surface area contributed by atoms with Gasteiger partial charge in [-0.2, -0.15) is 0 Å². The second-order valence-electron chi connectivity index (χ2n) is 7.38. The van der Waals surface area contributed by atoms with Crippen LogP contribution in [0, 0.1) is 13.8 Å². The van der Waals surface area contributed by atoms with Crippen LogP contribution in [0.15, 0.2) is 42.5 Å². The maximum absolute atomic E-state index is 13.3. The van der Waals surface area contributed by atoms with Crippen molar-refractivity contribution in [3.63, 3.8) is 0 Å². The standard InChI is InChI=1S/C22H24N4O2S/c1-15-8-9-18-21(16(15)2)24-22(29-18)26(12-17-6-4-3-5-7-17)20(28)14-25-11-10-23-19(27)13-25/h3-9H,10-14H2,1-2H3,(H,23,27). The molecule has 2 amide bonds.